The zero-order chi connectivity index (χ0) is 21.0. The number of anilines is 1. The van der Waals surface area contributed by atoms with Crippen LogP contribution in [0.5, 0.6) is 0 Å². The Hall–Kier alpha value is -3.50. The highest BCUT2D eigenvalue weighted by Gasteiger charge is 2.17. The Kier molecular flexibility index (Phi) is 5.76. The van der Waals surface area contributed by atoms with Crippen molar-refractivity contribution in [3.05, 3.63) is 87.9 Å². The van der Waals surface area contributed by atoms with Gasteiger partial charge in [0.25, 0.3) is 11.6 Å². The standard InChI is InChI=1S/C19H17N3O6S/c1-13-10-14(7-8-18(13)22(24)25)19(23)21-15-4-2-6-17(11-15)29(26,27)20-12-16-5-3-9-28-16/h2-11,20H,12H2,1H3,(H,21,23). The van der Waals surface area contributed by atoms with E-state index in [2.05, 4.69) is 10.0 Å². The molecule has 0 aliphatic carbocycles. The number of rotatable bonds is 7. The van der Waals surface area contributed by atoms with Crippen molar-refractivity contribution in [1.29, 1.82) is 0 Å². The number of sulfonamides is 1. The smallest absolute Gasteiger partial charge is 0.272 e. The number of carbonyl (C=O) groups excluding carboxylic acids is 1. The maximum Gasteiger partial charge on any atom is 0.272 e. The van der Waals surface area contributed by atoms with E-state index in [4.69, 9.17) is 4.42 Å². The fraction of sp³-hybridized carbons (Fsp3) is 0.105. The molecule has 0 bridgehead atoms. The molecule has 0 saturated heterocycles. The molecule has 150 valence electrons. The van der Waals surface area contributed by atoms with E-state index in [1.807, 2.05) is 0 Å². The van der Waals surface area contributed by atoms with Crippen LogP contribution in [0.15, 0.2) is 70.2 Å². The molecule has 0 fully saturated rings. The van der Waals surface area contributed by atoms with E-state index in [1.165, 1.54) is 49.6 Å². The number of hydrogen-bond donors (Lipinski definition) is 2. The van der Waals surface area contributed by atoms with Crippen LogP contribution < -0.4 is 10.0 Å². The summed E-state index contributed by atoms with van der Waals surface area (Å²) in [6.07, 6.45) is 1.44. The van der Waals surface area contributed by atoms with E-state index in [0.717, 1.165) is 0 Å². The molecule has 3 rings (SSSR count). The fourth-order valence-corrected chi connectivity index (χ4v) is 3.65. The highest BCUT2D eigenvalue weighted by Crippen LogP contribution is 2.21. The summed E-state index contributed by atoms with van der Waals surface area (Å²) in [6, 6.07) is 13.1. The third-order valence-corrected chi connectivity index (χ3v) is 5.47. The lowest BCUT2D eigenvalue weighted by Crippen LogP contribution is -2.23. The normalized spacial score (nSPS) is 11.2. The minimum atomic E-state index is -3.82. The average Bonchev–Trinajstić information content (AvgIpc) is 3.20. The van der Waals surface area contributed by atoms with Crippen LogP contribution in [0, 0.1) is 17.0 Å². The van der Waals surface area contributed by atoms with Gasteiger partial charge in [-0.3, -0.25) is 14.9 Å². The van der Waals surface area contributed by atoms with E-state index in [0.29, 0.717) is 11.3 Å². The maximum atomic E-state index is 12.5. The maximum absolute atomic E-state index is 12.5. The molecule has 2 N–H and O–H groups in total. The molecule has 0 radical (unpaired) electrons. The summed E-state index contributed by atoms with van der Waals surface area (Å²) in [5.41, 5.74) is 0.752. The molecular formula is C19H17N3O6S. The molecule has 29 heavy (non-hydrogen) atoms. The highest BCUT2D eigenvalue weighted by molar-refractivity contribution is 7.89. The number of nitro groups is 1. The van der Waals surface area contributed by atoms with Crippen molar-refractivity contribution in [1.82, 2.24) is 4.72 Å². The Morgan fingerprint density at radius 1 is 1.14 bits per heavy atom. The first kappa shape index (κ1) is 20.2. The van der Waals surface area contributed by atoms with Gasteiger partial charge in [0.05, 0.1) is 22.6 Å². The quantitative estimate of drug-likeness (QED) is 0.450. The van der Waals surface area contributed by atoms with Gasteiger partial charge in [-0.15, -0.1) is 0 Å². The summed E-state index contributed by atoms with van der Waals surface area (Å²) in [6.45, 7) is 1.53. The van der Waals surface area contributed by atoms with Crippen LogP contribution in [0.25, 0.3) is 0 Å². The molecule has 3 aromatic rings. The van der Waals surface area contributed by atoms with Crippen LogP contribution in [-0.2, 0) is 16.6 Å². The van der Waals surface area contributed by atoms with Gasteiger partial charge in [0, 0.05) is 22.9 Å². The molecular weight excluding hydrogens is 398 g/mol. The Balaban J connectivity index is 1.74. The molecule has 2 aromatic carbocycles. The zero-order valence-corrected chi connectivity index (χ0v) is 16.1. The first-order valence-corrected chi connectivity index (χ1v) is 9.93. The second-order valence-corrected chi connectivity index (χ2v) is 7.91. The van der Waals surface area contributed by atoms with Crippen LogP contribution >= 0.6 is 0 Å². The summed E-state index contributed by atoms with van der Waals surface area (Å²) in [4.78, 5) is 22.8. The van der Waals surface area contributed by atoms with Crippen molar-refractivity contribution in [3.63, 3.8) is 0 Å². The molecule has 10 heteroatoms. The molecule has 0 spiro atoms. The van der Waals surface area contributed by atoms with Crippen molar-refractivity contribution >= 4 is 27.3 Å². The average molecular weight is 415 g/mol. The van der Waals surface area contributed by atoms with Crippen LogP contribution in [-0.4, -0.2) is 19.2 Å². The molecule has 1 aromatic heterocycles. The lowest BCUT2D eigenvalue weighted by molar-refractivity contribution is -0.385. The van der Waals surface area contributed by atoms with Crippen molar-refractivity contribution in [2.75, 3.05) is 5.32 Å². The van der Waals surface area contributed by atoms with Crippen molar-refractivity contribution in [2.45, 2.75) is 18.4 Å². The number of benzene rings is 2. The number of nitrogens with one attached hydrogen (secondary N) is 2. The van der Waals surface area contributed by atoms with Gasteiger partial charge in [0.2, 0.25) is 10.0 Å². The Morgan fingerprint density at radius 2 is 1.93 bits per heavy atom. The molecule has 1 heterocycles. The topological polar surface area (TPSA) is 132 Å². The van der Waals surface area contributed by atoms with Crippen molar-refractivity contribution in [3.8, 4) is 0 Å². The first-order valence-electron chi connectivity index (χ1n) is 8.45. The molecule has 0 aliphatic heterocycles. The summed E-state index contributed by atoms with van der Waals surface area (Å²) < 4.78 is 32.4. The second-order valence-electron chi connectivity index (χ2n) is 6.14. The molecule has 0 saturated carbocycles. The number of nitro benzene ring substituents is 1. The monoisotopic (exact) mass is 415 g/mol. The highest BCUT2D eigenvalue weighted by atomic mass is 32.2. The van der Waals surface area contributed by atoms with Gasteiger partial charge in [-0.1, -0.05) is 6.07 Å². The minimum absolute atomic E-state index is 0.00596. The Bertz CT molecular complexity index is 1160. The largest absolute Gasteiger partial charge is 0.468 e. The number of nitrogens with zero attached hydrogens (tertiary/aromatic N) is 1. The van der Waals surface area contributed by atoms with E-state index in [1.54, 1.807) is 18.2 Å². The van der Waals surface area contributed by atoms with E-state index < -0.39 is 20.9 Å². The number of amides is 1. The van der Waals surface area contributed by atoms with E-state index in [-0.39, 0.29) is 28.4 Å². The van der Waals surface area contributed by atoms with Gasteiger partial charge in [0.1, 0.15) is 5.76 Å². The second kappa shape index (κ2) is 8.25. The first-order chi connectivity index (χ1) is 13.8. The number of carbonyl (C=O) groups is 1. The van der Waals surface area contributed by atoms with Gasteiger partial charge >= 0.3 is 0 Å². The predicted octanol–water partition coefficient (Wildman–Crippen LogP) is 3.23. The van der Waals surface area contributed by atoms with Crippen molar-refractivity contribution in [2.24, 2.45) is 0 Å². The Labute approximate surface area is 166 Å². The van der Waals surface area contributed by atoms with Crippen LogP contribution in [0.4, 0.5) is 11.4 Å². The number of aryl methyl sites for hydroxylation is 1. The van der Waals surface area contributed by atoms with Crippen molar-refractivity contribution < 1.29 is 22.6 Å². The van der Waals surface area contributed by atoms with Gasteiger partial charge in [-0.2, -0.15) is 0 Å². The van der Waals surface area contributed by atoms with Crippen LogP contribution in [0.3, 0.4) is 0 Å². The predicted molar refractivity (Wildman–Crippen MR) is 105 cm³/mol. The summed E-state index contributed by atoms with van der Waals surface area (Å²) in [7, 11) is -3.82. The van der Waals surface area contributed by atoms with Gasteiger partial charge in [0.15, 0.2) is 0 Å². The van der Waals surface area contributed by atoms with E-state index in [9.17, 15) is 23.3 Å². The van der Waals surface area contributed by atoms with Gasteiger partial charge in [-0.25, -0.2) is 13.1 Å². The Morgan fingerprint density at radius 3 is 2.59 bits per heavy atom. The summed E-state index contributed by atoms with van der Waals surface area (Å²) in [5.74, 6) is -0.0485. The molecule has 0 unspecified atom stereocenters. The van der Waals surface area contributed by atoms with Gasteiger partial charge < -0.3 is 9.73 Å². The summed E-state index contributed by atoms with van der Waals surface area (Å²) in [5, 5.41) is 13.5. The zero-order valence-electron chi connectivity index (χ0n) is 15.3. The SMILES string of the molecule is Cc1cc(C(=O)Nc2cccc(S(=O)(=O)NCc3ccco3)c2)ccc1[N+](=O)[O-]. The number of furan rings is 1. The molecule has 0 aliphatic rings. The molecule has 0 atom stereocenters. The number of hydrogen-bond acceptors (Lipinski definition) is 6. The lowest BCUT2D eigenvalue weighted by Gasteiger charge is -2.09. The van der Waals surface area contributed by atoms with Crippen LogP contribution in [0.2, 0.25) is 0 Å². The third kappa shape index (κ3) is 4.86. The minimum Gasteiger partial charge on any atom is -0.468 e. The van der Waals surface area contributed by atoms with Crippen LogP contribution in [0.1, 0.15) is 21.7 Å². The summed E-state index contributed by atoms with van der Waals surface area (Å²) >= 11 is 0. The third-order valence-electron chi connectivity index (χ3n) is 4.07. The lowest BCUT2D eigenvalue weighted by atomic mass is 10.1. The fourth-order valence-electron chi connectivity index (χ4n) is 2.61. The van der Waals surface area contributed by atoms with E-state index >= 15 is 0 Å². The molecule has 9 nitrogen and oxygen atoms in total. The van der Waals surface area contributed by atoms with Gasteiger partial charge in [-0.05, 0) is 49.4 Å². The molecule has 1 amide bonds.